The number of benzene rings is 2. The fraction of sp³-hybridized carbons (Fsp3) is 0.250. The topological polar surface area (TPSA) is 47.3 Å². The second kappa shape index (κ2) is 7.27. The zero-order valence-electron chi connectivity index (χ0n) is 12.0. The molecule has 1 atom stereocenters. The molecule has 0 aliphatic carbocycles. The zero-order valence-corrected chi connectivity index (χ0v) is 14.3. The number of rotatable bonds is 5. The maximum atomic E-state index is 6.29. The Bertz CT molecular complexity index is 634. The van der Waals surface area contributed by atoms with Crippen molar-refractivity contribution in [2.24, 2.45) is 5.84 Å². The molecule has 0 heterocycles. The summed E-state index contributed by atoms with van der Waals surface area (Å²) in [5.74, 6) is 6.56. The van der Waals surface area contributed by atoms with Crippen LogP contribution in [0.25, 0.3) is 0 Å². The predicted molar refractivity (Wildman–Crippen MR) is 90.7 cm³/mol. The van der Waals surface area contributed by atoms with E-state index in [1.807, 2.05) is 43.3 Å². The Balaban J connectivity index is 2.32. The second-order valence-electron chi connectivity index (χ2n) is 4.90. The number of halogens is 2. The van der Waals surface area contributed by atoms with Gasteiger partial charge in [-0.3, -0.25) is 11.3 Å². The van der Waals surface area contributed by atoms with Crippen molar-refractivity contribution in [2.75, 3.05) is 7.11 Å². The van der Waals surface area contributed by atoms with Crippen molar-refractivity contribution < 1.29 is 4.74 Å². The summed E-state index contributed by atoms with van der Waals surface area (Å²) in [5, 5.41) is 0.718. The van der Waals surface area contributed by atoms with Crippen molar-refractivity contribution >= 4 is 27.5 Å². The molecule has 5 heteroatoms. The van der Waals surface area contributed by atoms with Gasteiger partial charge in [0.2, 0.25) is 0 Å². The number of aryl methyl sites for hydroxylation is 1. The molecule has 112 valence electrons. The Labute approximate surface area is 138 Å². The lowest BCUT2D eigenvalue weighted by molar-refractivity contribution is 0.398. The van der Waals surface area contributed by atoms with Crippen molar-refractivity contribution in [3.05, 3.63) is 62.6 Å². The average Bonchev–Trinajstić information content (AvgIpc) is 2.47. The molecule has 21 heavy (non-hydrogen) atoms. The molecule has 0 fully saturated rings. The third-order valence-corrected chi connectivity index (χ3v) is 4.25. The van der Waals surface area contributed by atoms with Gasteiger partial charge >= 0.3 is 0 Å². The molecule has 2 rings (SSSR count). The maximum absolute atomic E-state index is 6.29. The molecule has 1 unspecified atom stereocenters. The normalized spacial score (nSPS) is 12.2. The number of hydrogen-bond acceptors (Lipinski definition) is 3. The van der Waals surface area contributed by atoms with Gasteiger partial charge < -0.3 is 4.74 Å². The summed E-state index contributed by atoms with van der Waals surface area (Å²) in [6.45, 7) is 2.03. The maximum Gasteiger partial charge on any atom is 0.123 e. The Morgan fingerprint density at radius 2 is 2.05 bits per heavy atom. The molecule has 2 aromatic carbocycles. The van der Waals surface area contributed by atoms with Gasteiger partial charge in [0.1, 0.15) is 5.75 Å². The van der Waals surface area contributed by atoms with E-state index >= 15 is 0 Å². The van der Waals surface area contributed by atoms with Gasteiger partial charge in [0.25, 0.3) is 0 Å². The molecule has 0 aliphatic heterocycles. The molecule has 3 nitrogen and oxygen atoms in total. The van der Waals surface area contributed by atoms with Gasteiger partial charge in [-0.05, 0) is 42.7 Å². The third-order valence-electron chi connectivity index (χ3n) is 3.40. The highest BCUT2D eigenvalue weighted by atomic mass is 79.9. The lowest BCUT2D eigenvalue weighted by atomic mass is 9.97. The van der Waals surface area contributed by atoms with E-state index in [4.69, 9.17) is 22.2 Å². The van der Waals surface area contributed by atoms with Crippen LogP contribution < -0.4 is 16.0 Å². The van der Waals surface area contributed by atoms with Crippen LogP contribution in [0.3, 0.4) is 0 Å². The van der Waals surface area contributed by atoms with Gasteiger partial charge in [-0.2, -0.15) is 0 Å². The molecule has 2 aromatic rings. The van der Waals surface area contributed by atoms with Crippen LogP contribution in [0.2, 0.25) is 5.02 Å². The summed E-state index contributed by atoms with van der Waals surface area (Å²) in [6, 6.07) is 11.9. The molecule has 0 aliphatic rings. The first-order valence-corrected chi connectivity index (χ1v) is 7.77. The molecule has 0 bridgehead atoms. The average molecular weight is 370 g/mol. The van der Waals surface area contributed by atoms with E-state index in [2.05, 4.69) is 21.4 Å². The molecule has 0 aromatic heterocycles. The number of nitrogens with one attached hydrogen (secondary N) is 1. The summed E-state index contributed by atoms with van der Waals surface area (Å²) < 4.78 is 6.42. The van der Waals surface area contributed by atoms with Gasteiger partial charge in [-0.1, -0.05) is 45.7 Å². The first-order chi connectivity index (χ1) is 10.0. The SMILES string of the molecule is COc1cc(C)ccc1C(Cc1ccc(Br)cc1Cl)NN. The summed E-state index contributed by atoms with van der Waals surface area (Å²) in [5.41, 5.74) is 6.05. The van der Waals surface area contributed by atoms with Crippen LogP contribution in [-0.2, 0) is 6.42 Å². The lowest BCUT2D eigenvalue weighted by Crippen LogP contribution is -2.30. The van der Waals surface area contributed by atoms with Crippen LogP contribution in [0.1, 0.15) is 22.7 Å². The molecule has 3 N–H and O–H groups in total. The van der Waals surface area contributed by atoms with Crippen molar-refractivity contribution in [1.29, 1.82) is 0 Å². The van der Waals surface area contributed by atoms with Gasteiger partial charge in [0, 0.05) is 15.1 Å². The second-order valence-corrected chi connectivity index (χ2v) is 6.23. The zero-order chi connectivity index (χ0) is 15.4. The van der Waals surface area contributed by atoms with Crippen LogP contribution in [-0.4, -0.2) is 7.11 Å². The van der Waals surface area contributed by atoms with E-state index < -0.39 is 0 Å². The number of nitrogens with two attached hydrogens (primary N) is 1. The van der Waals surface area contributed by atoms with Crippen LogP contribution in [0.4, 0.5) is 0 Å². The standard InChI is InChI=1S/C16H18BrClN2O/c1-10-3-6-13(16(7-10)21-2)15(20-19)8-11-4-5-12(17)9-14(11)18/h3-7,9,15,20H,8,19H2,1-2H3. The number of methoxy groups -OCH3 is 1. The van der Waals surface area contributed by atoms with E-state index in [1.54, 1.807) is 7.11 Å². The van der Waals surface area contributed by atoms with Crippen molar-refractivity contribution in [3.8, 4) is 5.75 Å². The Morgan fingerprint density at radius 3 is 2.67 bits per heavy atom. The summed E-state index contributed by atoms with van der Waals surface area (Å²) in [4.78, 5) is 0. The van der Waals surface area contributed by atoms with Gasteiger partial charge in [-0.25, -0.2) is 0 Å². The predicted octanol–water partition coefficient (Wildman–Crippen LogP) is 4.17. The molecule has 0 spiro atoms. The summed E-state index contributed by atoms with van der Waals surface area (Å²) in [6.07, 6.45) is 0.683. The molecular weight excluding hydrogens is 352 g/mol. The fourth-order valence-electron chi connectivity index (χ4n) is 2.27. The quantitative estimate of drug-likeness (QED) is 0.614. The lowest BCUT2D eigenvalue weighted by Gasteiger charge is -2.20. The molecule has 0 amide bonds. The number of hydrazine groups is 1. The van der Waals surface area contributed by atoms with E-state index in [0.717, 1.165) is 31.9 Å². The Kier molecular flexibility index (Phi) is 5.65. The minimum absolute atomic E-state index is 0.0702. The van der Waals surface area contributed by atoms with Crippen LogP contribution in [0.5, 0.6) is 5.75 Å². The van der Waals surface area contributed by atoms with Crippen LogP contribution >= 0.6 is 27.5 Å². The highest BCUT2D eigenvalue weighted by Gasteiger charge is 2.17. The van der Waals surface area contributed by atoms with Crippen molar-refractivity contribution in [1.82, 2.24) is 5.43 Å². The van der Waals surface area contributed by atoms with Crippen LogP contribution in [0.15, 0.2) is 40.9 Å². The summed E-state index contributed by atoms with van der Waals surface area (Å²) >= 11 is 9.70. The first-order valence-electron chi connectivity index (χ1n) is 6.59. The fourth-order valence-corrected chi connectivity index (χ4v) is 3.02. The Hall–Kier alpha value is -1.07. The highest BCUT2D eigenvalue weighted by Crippen LogP contribution is 2.31. The van der Waals surface area contributed by atoms with E-state index in [-0.39, 0.29) is 6.04 Å². The molecular formula is C16H18BrClN2O. The first kappa shape index (κ1) is 16.3. The largest absolute Gasteiger partial charge is 0.496 e. The molecule has 0 saturated heterocycles. The number of ether oxygens (including phenoxy) is 1. The highest BCUT2D eigenvalue weighted by molar-refractivity contribution is 9.10. The van der Waals surface area contributed by atoms with Gasteiger partial charge in [0.05, 0.1) is 13.2 Å². The number of hydrogen-bond donors (Lipinski definition) is 2. The van der Waals surface area contributed by atoms with Crippen molar-refractivity contribution in [3.63, 3.8) is 0 Å². The van der Waals surface area contributed by atoms with E-state index in [1.165, 1.54) is 0 Å². The smallest absolute Gasteiger partial charge is 0.123 e. The van der Waals surface area contributed by atoms with Gasteiger partial charge in [0.15, 0.2) is 0 Å². The van der Waals surface area contributed by atoms with Gasteiger partial charge in [-0.15, -0.1) is 0 Å². The third kappa shape index (κ3) is 3.98. The molecule has 0 radical (unpaired) electrons. The monoisotopic (exact) mass is 368 g/mol. The minimum atomic E-state index is -0.0702. The van der Waals surface area contributed by atoms with Crippen molar-refractivity contribution in [2.45, 2.75) is 19.4 Å². The minimum Gasteiger partial charge on any atom is -0.496 e. The van der Waals surface area contributed by atoms with E-state index in [0.29, 0.717) is 6.42 Å². The van der Waals surface area contributed by atoms with E-state index in [9.17, 15) is 0 Å². The Morgan fingerprint density at radius 1 is 1.29 bits per heavy atom. The molecule has 0 saturated carbocycles. The summed E-state index contributed by atoms with van der Waals surface area (Å²) in [7, 11) is 1.67. The van der Waals surface area contributed by atoms with Crippen LogP contribution in [0, 0.1) is 6.92 Å².